The van der Waals surface area contributed by atoms with Crippen molar-refractivity contribution in [1.82, 2.24) is 0 Å². The van der Waals surface area contributed by atoms with E-state index in [0.717, 1.165) is 4.88 Å². The summed E-state index contributed by atoms with van der Waals surface area (Å²) in [6.07, 6.45) is 0. The molecule has 6 heteroatoms. The molecule has 2 rings (SSSR count). The van der Waals surface area contributed by atoms with E-state index in [1.807, 2.05) is 5.38 Å². The summed E-state index contributed by atoms with van der Waals surface area (Å²) in [4.78, 5) is 12.6. The molecule has 0 spiro atoms. The van der Waals surface area contributed by atoms with Crippen molar-refractivity contribution in [3.05, 3.63) is 51.4 Å². The number of thiophene rings is 1. The van der Waals surface area contributed by atoms with Gasteiger partial charge in [0.1, 0.15) is 11.9 Å². The van der Waals surface area contributed by atoms with Gasteiger partial charge in [0, 0.05) is 9.90 Å². The fourth-order valence-corrected chi connectivity index (χ4v) is 2.30. The highest BCUT2D eigenvalue weighted by Gasteiger charge is 2.18. The smallest absolute Gasteiger partial charge is 0.246 e. The first-order chi connectivity index (χ1) is 8.58. The minimum absolute atomic E-state index is 0.0273. The third kappa shape index (κ3) is 2.87. The van der Waals surface area contributed by atoms with Crippen molar-refractivity contribution in [3.8, 4) is 0 Å². The Labute approximate surface area is 112 Å². The van der Waals surface area contributed by atoms with Crippen molar-refractivity contribution in [2.24, 2.45) is 5.73 Å². The molecule has 3 nitrogen and oxygen atoms in total. The first-order valence-electron chi connectivity index (χ1n) is 5.13. The number of nitrogens with one attached hydrogen (secondary N) is 1. The Morgan fingerprint density at radius 1 is 1.44 bits per heavy atom. The summed E-state index contributed by atoms with van der Waals surface area (Å²) in [6, 6.07) is 6.68. The van der Waals surface area contributed by atoms with Crippen LogP contribution in [0.3, 0.4) is 0 Å². The lowest BCUT2D eigenvalue weighted by molar-refractivity contribution is -0.117. The van der Waals surface area contributed by atoms with Crippen LogP contribution in [0.4, 0.5) is 10.1 Å². The van der Waals surface area contributed by atoms with Crippen LogP contribution in [0.5, 0.6) is 0 Å². The van der Waals surface area contributed by atoms with Crippen LogP contribution in [-0.2, 0) is 4.79 Å². The van der Waals surface area contributed by atoms with Crippen molar-refractivity contribution in [1.29, 1.82) is 0 Å². The molecule has 1 aromatic heterocycles. The van der Waals surface area contributed by atoms with Crippen molar-refractivity contribution < 1.29 is 9.18 Å². The molecular weight excluding hydrogens is 275 g/mol. The van der Waals surface area contributed by atoms with Gasteiger partial charge in [0.15, 0.2) is 0 Å². The predicted molar refractivity (Wildman–Crippen MR) is 71.3 cm³/mol. The molecular formula is C12H10ClFN2OS. The summed E-state index contributed by atoms with van der Waals surface area (Å²) in [5.74, 6) is -1.02. The van der Waals surface area contributed by atoms with Crippen molar-refractivity contribution in [2.45, 2.75) is 6.04 Å². The Morgan fingerprint density at radius 2 is 2.22 bits per heavy atom. The fraction of sp³-hybridized carbons (Fsp3) is 0.0833. The number of carbonyl (C=O) groups excluding carboxylic acids is 1. The predicted octanol–water partition coefficient (Wildman–Crippen LogP) is 3.18. The zero-order valence-corrected chi connectivity index (χ0v) is 10.8. The van der Waals surface area contributed by atoms with E-state index in [0.29, 0.717) is 5.02 Å². The number of rotatable bonds is 3. The van der Waals surface area contributed by atoms with E-state index in [-0.39, 0.29) is 5.69 Å². The molecule has 0 aliphatic heterocycles. The summed E-state index contributed by atoms with van der Waals surface area (Å²) in [5, 5.41) is 4.59. The Balaban J connectivity index is 2.14. The maximum Gasteiger partial charge on any atom is 0.246 e. The molecule has 0 bridgehead atoms. The fourth-order valence-electron chi connectivity index (χ4n) is 1.40. The third-order valence-electron chi connectivity index (χ3n) is 2.32. The van der Waals surface area contributed by atoms with Crippen LogP contribution in [0.15, 0.2) is 35.7 Å². The molecule has 0 radical (unpaired) electrons. The number of amides is 1. The quantitative estimate of drug-likeness (QED) is 0.909. The van der Waals surface area contributed by atoms with Gasteiger partial charge in [0.2, 0.25) is 5.91 Å². The highest BCUT2D eigenvalue weighted by Crippen LogP contribution is 2.22. The summed E-state index contributed by atoms with van der Waals surface area (Å²) >= 11 is 7.10. The molecule has 0 aliphatic carbocycles. The normalized spacial score (nSPS) is 12.2. The number of anilines is 1. The zero-order chi connectivity index (χ0) is 13.1. The number of nitrogens with two attached hydrogens (primary N) is 1. The van der Waals surface area contributed by atoms with Gasteiger partial charge in [-0.15, -0.1) is 11.3 Å². The number of benzene rings is 1. The second-order valence-electron chi connectivity index (χ2n) is 3.61. The summed E-state index contributed by atoms with van der Waals surface area (Å²) in [5.41, 5.74) is 5.79. The highest BCUT2D eigenvalue weighted by molar-refractivity contribution is 7.10. The van der Waals surface area contributed by atoms with Gasteiger partial charge in [0.25, 0.3) is 0 Å². The lowest BCUT2D eigenvalue weighted by atomic mass is 10.2. The lowest BCUT2D eigenvalue weighted by Gasteiger charge is -2.11. The minimum atomic E-state index is -0.816. The molecule has 0 saturated heterocycles. The number of hydrogen-bond donors (Lipinski definition) is 2. The Hall–Kier alpha value is -1.43. The van der Waals surface area contributed by atoms with E-state index in [1.54, 1.807) is 12.1 Å². The number of hydrogen-bond acceptors (Lipinski definition) is 3. The third-order valence-corrected chi connectivity index (χ3v) is 3.51. The molecule has 94 valence electrons. The van der Waals surface area contributed by atoms with E-state index in [1.165, 1.54) is 29.5 Å². The monoisotopic (exact) mass is 284 g/mol. The first-order valence-corrected chi connectivity index (χ1v) is 6.38. The van der Waals surface area contributed by atoms with E-state index < -0.39 is 17.8 Å². The summed E-state index contributed by atoms with van der Waals surface area (Å²) in [7, 11) is 0. The summed E-state index contributed by atoms with van der Waals surface area (Å²) in [6.45, 7) is 0. The molecule has 0 aliphatic rings. The van der Waals surface area contributed by atoms with Crippen molar-refractivity contribution in [2.75, 3.05) is 5.32 Å². The minimum Gasteiger partial charge on any atom is -0.322 e. The van der Waals surface area contributed by atoms with Crippen molar-refractivity contribution >= 4 is 34.5 Å². The molecule has 1 heterocycles. The van der Waals surface area contributed by atoms with E-state index in [9.17, 15) is 9.18 Å². The topological polar surface area (TPSA) is 55.1 Å². The van der Waals surface area contributed by atoms with Gasteiger partial charge >= 0.3 is 0 Å². The van der Waals surface area contributed by atoms with Gasteiger partial charge in [-0.2, -0.15) is 0 Å². The molecule has 2 aromatic rings. The Bertz CT molecular complexity index is 559. The van der Waals surface area contributed by atoms with E-state index >= 15 is 0 Å². The molecule has 1 unspecified atom stereocenters. The molecule has 18 heavy (non-hydrogen) atoms. The van der Waals surface area contributed by atoms with Gasteiger partial charge < -0.3 is 11.1 Å². The molecule has 1 aromatic carbocycles. The SMILES string of the molecule is NC(C(=O)Nc1cc(Cl)ccc1F)c1cccs1. The van der Waals surface area contributed by atoms with E-state index in [4.69, 9.17) is 17.3 Å². The first kappa shape index (κ1) is 13.0. The maximum atomic E-state index is 13.4. The van der Waals surface area contributed by atoms with Crippen LogP contribution in [-0.4, -0.2) is 5.91 Å². The van der Waals surface area contributed by atoms with Crippen LogP contribution in [0.1, 0.15) is 10.9 Å². The maximum absolute atomic E-state index is 13.4. The van der Waals surface area contributed by atoms with Gasteiger partial charge in [0.05, 0.1) is 5.69 Å². The number of carbonyl (C=O) groups is 1. The van der Waals surface area contributed by atoms with Gasteiger partial charge in [-0.05, 0) is 29.6 Å². The van der Waals surface area contributed by atoms with Gasteiger partial charge in [-0.3, -0.25) is 4.79 Å². The molecule has 0 fully saturated rings. The zero-order valence-electron chi connectivity index (χ0n) is 9.19. The van der Waals surface area contributed by atoms with Crippen LogP contribution in [0.2, 0.25) is 5.02 Å². The standard InChI is InChI=1S/C12H10ClFN2OS/c13-7-3-4-8(14)9(6-7)16-12(17)11(15)10-2-1-5-18-10/h1-6,11H,15H2,(H,16,17). The van der Waals surface area contributed by atoms with Gasteiger partial charge in [-0.25, -0.2) is 4.39 Å². The van der Waals surface area contributed by atoms with Gasteiger partial charge in [-0.1, -0.05) is 17.7 Å². The largest absolute Gasteiger partial charge is 0.322 e. The Kier molecular flexibility index (Phi) is 3.96. The Morgan fingerprint density at radius 3 is 2.89 bits per heavy atom. The van der Waals surface area contributed by atoms with Crippen LogP contribution in [0.25, 0.3) is 0 Å². The lowest BCUT2D eigenvalue weighted by Crippen LogP contribution is -2.27. The average Bonchev–Trinajstić information content (AvgIpc) is 2.86. The second-order valence-corrected chi connectivity index (χ2v) is 5.02. The van der Waals surface area contributed by atoms with E-state index in [2.05, 4.69) is 5.32 Å². The summed E-state index contributed by atoms with van der Waals surface area (Å²) < 4.78 is 13.4. The second kappa shape index (κ2) is 5.48. The van der Waals surface area contributed by atoms with Crippen LogP contribution < -0.4 is 11.1 Å². The van der Waals surface area contributed by atoms with Crippen molar-refractivity contribution in [3.63, 3.8) is 0 Å². The highest BCUT2D eigenvalue weighted by atomic mass is 35.5. The average molecular weight is 285 g/mol. The number of halogens is 2. The van der Waals surface area contributed by atoms with Crippen LogP contribution in [0, 0.1) is 5.82 Å². The molecule has 0 saturated carbocycles. The van der Waals surface area contributed by atoms with Crippen LogP contribution >= 0.6 is 22.9 Å². The molecule has 3 N–H and O–H groups in total. The molecule has 1 atom stereocenters. The molecule has 1 amide bonds.